The average Bonchev–Trinajstić information content (AvgIpc) is 2.12. The Hall–Kier alpha value is -1.11. The maximum atomic E-state index is 11.0. The van der Waals surface area contributed by atoms with E-state index in [4.69, 9.17) is 11.6 Å². The highest BCUT2D eigenvalue weighted by Gasteiger charge is 2.33. The first-order valence-corrected chi connectivity index (χ1v) is 4.41. The van der Waals surface area contributed by atoms with Gasteiger partial charge in [-0.15, -0.1) is 0 Å². The summed E-state index contributed by atoms with van der Waals surface area (Å²) in [6, 6.07) is 0. The first-order valence-electron chi connectivity index (χ1n) is 4.03. The summed E-state index contributed by atoms with van der Waals surface area (Å²) in [5.41, 5.74) is -1.99. The van der Waals surface area contributed by atoms with Gasteiger partial charge in [0.25, 0.3) is 0 Å². The molecule has 6 nitrogen and oxygen atoms in total. The fraction of sp³-hybridized carbons (Fsp3) is 0.500. The highest BCUT2D eigenvalue weighted by atomic mass is 35.5. The minimum atomic E-state index is -2.38. The quantitative estimate of drug-likeness (QED) is 0.248. The molecule has 0 aliphatic carbocycles. The van der Waals surface area contributed by atoms with E-state index in [1.165, 1.54) is 0 Å². The summed E-state index contributed by atoms with van der Waals surface area (Å²) in [4.78, 5) is 28.6. The van der Waals surface area contributed by atoms with Gasteiger partial charge in [0.05, 0.1) is 5.57 Å². The lowest BCUT2D eigenvalue weighted by atomic mass is 10.0. The van der Waals surface area contributed by atoms with E-state index in [9.17, 15) is 19.8 Å². The van der Waals surface area contributed by atoms with Crippen molar-refractivity contribution in [1.82, 2.24) is 0 Å². The highest BCUT2D eigenvalue weighted by molar-refractivity contribution is 6.61. The second-order valence-corrected chi connectivity index (χ2v) is 3.05. The van der Waals surface area contributed by atoms with Crippen LogP contribution in [0.5, 0.6) is 0 Å². The van der Waals surface area contributed by atoms with Gasteiger partial charge in [-0.2, -0.15) is 0 Å². The molecular formula is C8H11ClO6. The number of carbonyl (C=O) groups excluding carboxylic acids is 2. The number of halogens is 1. The summed E-state index contributed by atoms with van der Waals surface area (Å²) in [5.74, 6) is -3.66. The molecule has 2 N–H and O–H groups in total. The number of hydrogen-bond donors (Lipinski definition) is 2. The predicted molar refractivity (Wildman–Crippen MR) is 49.6 cm³/mol. The van der Waals surface area contributed by atoms with Crippen molar-refractivity contribution in [3.05, 3.63) is 12.2 Å². The van der Waals surface area contributed by atoms with Crippen LogP contribution in [0.4, 0.5) is 4.79 Å². The van der Waals surface area contributed by atoms with Crippen LogP contribution in [-0.4, -0.2) is 27.4 Å². The van der Waals surface area contributed by atoms with E-state index in [0.717, 1.165) is 0 Å². The Morgan fingerprint density at radius 2 is 1.93 bits per heavy atom. The molecule has 0 atom stereocenters. The Kier molecular flexibility index (Phi) is 5.27. The van der Waals surface area contributed by atoms with E-state index in [1.54, 1.807) is 6.92 Å². The molecule has 0 aromatic heterocycles. The Morgan fingerprint density at radius 1 is 1.40 bits per heavy atom. The van der Waals surface area contributed by atoms with Crippen LogP contribution in [0.1, 0.15) is 19.8 Å². The number of hydrogen-bond acceptors (Lipinski definition) is 6. The maximum absolute atomic E-state index is 11.0. The van der Waals surface area contributed by atoms with Crippen molar-refractivity contribution >= 4 is 23.0 Å². The second-order valence-electron chi connectivity index (χ2n) is 2.74. The number of rotatable bonds is 4. The Balaban J connectivity index is 4.31. The first-order chi connectivity index (χ1) is 6.81. The summed E-state index contributed by atoms with van der Waals surface area (Å²) in [5, 5.41) is 18.6. The highest BCUT2D eigenvalue weighted by Crippen LogP contribution is 2.19. The van der Waals surface area contributed by atoms with Crippen molar-refractivity contribution in [2.45, 2.75) is 25.6 Å². The van der Waals surface area contributed by atoms with Crippen LogP contribution in [0.15, 0.2) is 12.2 Å². The van der Waals surface area contributed by atoms with Crippen LogP contribution >= 0.6 is 11.6 Å². The Bertz CT molecular complexity index is 272. The SMILES string of the molecule is C=C(C(=O)OOC(=O)Cl)C(O)(O)CCC. The lowest BCUT2D eigenvalue weighted by Gasteiger charge is -2.21. The van der Waals surface area contributed by atoms with Crippen molar-refractivity contribution in [3.8, 4) is 0 Å². The summed E-state index contributed by atoms with van der Waals surface area (Å²) in [6.07, 6.45) is 0.310. The lowest BCUT2D eigenvalue weighted by molar-refractivity contribution is -0.229. The van der Waals surface area contributed by atoms with Crippen LogP contribution < -0.4 is 0 Å². The molecule has 0 bridgehead atoms. The molecule has 0 aromatic rings. The zero-order valence-electron chi connectivity index (χ0n) is 8.03. The van der Waals surface area contributed by atoms with Crippen LogP contribution in [0.2, 0.25) is 0 Å². The minimum absolute atomic E-state index is 0.101. The smallest absolute Gasteiger partial charge is 0.362 e. The third-order valence-corrected chi connectivity index (χ3v) is 1.57. The molecule has 0 aromatic carbocycles. The standard InChI is InChI=1S/C8H11ClO6/c1-3-4-8(12,13)5(2)6(10)14-15-7(9)11/h12-13H,2-4H2,1H3. The Labute approximate surface area is 91.0 Å². The molecule has 86 valence electrons. The predicted octanol–water partition coefficient (Wildman–Crippen LogP) is 0.857. The second kappa shape index (κ2) is 5.69. The maximum Gasteiger partial charge on any atom is 0.448 e. The minimum Gasteiger partial charge on any atom is -0.362 e. The van der Waals surface area contributed by atoms with E-state index < -0.39 is 22.8 Å². The van der Waals surface area contributed by atoms with Gasteiger partial charge in [-0.1, -0.05) is 19.9 Å². The zero-order valence-corrected chi connectivity index (χ0v) is 8.78. The molecule has 0 aliphatic rings. The van der Waals surface area contributed by atoms with Gasteiger partial charge >= 0.3 is 11.4 Å². The largest absolute Gasteiger partial charge is 0.448 e. The topological polar surface area (TPSA) is 93.1 Å². The van der Waals surface area contributed by atoms with Crippen LogP contribution in [0.3, 0.4) is 0 Å². The monoisotopic (exact) mass is 238 g/mol. The molecule has 0 aliphatic heterocycles. The van der Waals surface area contributed by atoms with Crippen molar-refractivity contribution in [2.24, 2.45) is 0 Å². The van der Waals surface area contributed by atoms with Gasteiger partial charge in [0, 0.05) is 18.0 Å². The third kappa shape index (κ3) is 4.78. The van der Waals surface area contributed by atoms with Crippen molar-refractivity contribution in [2.75, 3.05) is 0 Å². The van der Waals surface area contributed by atoms with Gasteiger partial charge in [0.1, 0.15) is 0 Å². The van der Waals surface area contributed by atoms with Gasteiger partial charge in [0.15, 0.2) is 5.79 Å². The molecule has 0 saturated carbocycles. The summed E-state index contributed by atoms with van der Waals surface area (Å²) in [6.45, 7) is 4.79. The summed E-state index contributed by atoms with van der Waals surface area (Å²) in [7, 11) is 0. The molecule has 7 heteroatoms. The van der Waals surface area contributed by atoms with Crippen LogP contribution in [0, 0.1) is 0 Å². The van der Waals surface area contributed by atoms with Gasteiger partial charge in [0.2, 0.25) is 0 Å². The molecule has 0 spiro atoms. The summed E-state index contributed by atoms with van der Waals surface area (Å²) < 4.78 is 0. The lowest BCUT2D eigenvalue weighted by Crippen LogP contribution is -2.34. The molecule has 0 heterocycles. The van der Waals surface area contributed by atoms with E-state index in [0.29, 0.717) is 6.42 Å². The van der Waals surface area contributed by atoms with Gasteiger partial charge in [-0.05, 0) is 0 Å². The Morgan fingerprint density at radius 3 is 2.33 bits per heavy atom. The van der Waals surface area contributed by atoms with Crippen LogP contribution in [0.25, 0.3) is 0 Å². The van der Waals surface area contributed by atoms with Gasteiger partial charge in [-0.3, -0.25) is 0 Å². The zero-order chi connectivity index (χ0) is 12.1. The fourth-order valence-corrected chi connectivity index (χ4v) is 0.815. The molecule has 0 amide bonds. The fourth-order valence-electron chi connectivity index (χ4n) is 0.784. The van der Waals surface area contributed by atoms with Gasteiger partial charge < -0.3 is 10.2 Å². The van der Waals surface area contributed by atoms with E-state index in [2.05, 4.69) is 16.4 Å². The van der Waals surface area contributed by atoms with Crippen molar-refractivity contribution < 1.29 is 29.6 Å². The van der Waals surface area contributed by atoms with Crippen LogP contribution in [-0.2, 0) is 14.6 Å². The van der Waals surface area contributed by atoms with Gasteiger partial charge in [-0.25, -0.2) is 19.4 Å². The van der Waals surface area contributed by atoms with E-state index >= 15 is 0 Å². The molecular weight excluding hydrogens is 228 g/mol. The molecule has 0 fully saturated rings. The average molecular weight is 239 g/mol. The molecule has 0 rings (SSSR count). The number of aliphatic hydroxyl groups is 2. The van der Waals surface area contributed by atoms with E-state index in [-0.39, 0.29) is 6.42 Å². The van der Waals surface area contributed by atoms with Crippen molar-refractivity contribution in [1.29, 1.82) is 0 Å². The molecule has 15 heavy (non-hydrogen) atoms. The van der Waals surface area contributed by atoms with E-state index in [1.807, 2.05) is 0 Å². The molecule has 0 radical (unpaired) electrons. The number of carbonyl (C=O) groups is 2. The van der Waals surface area contributed by atoms with Crippen molar-refractivity contribution in [3.63, 3.8) is 0 Å². The third-order valence-electron chi connectivity index (χ3n) is 1.51. The first kappa shape index (κ1) is 13.9. The summed E-state index contributed by atoms with van der Waals surface area (Å²) >= 11 is 4.71. The molecule has 0 saturated heterocycles. The molecule has 0 unspecified atom stereocenters. The normalized spacial score (nSPS) is 10.7.